The van der Waals surface area contributed by atoms with Crippen LogP contribution in [0, 0.1) is 13.8 Å². The van der Waals surface area contributed by atoms with E-state index in [1.807, 2.05) is 30.5 Å². The molecule has 0 bridgehead atoms. The summed E-state index contributed by atoms with van der Waals surface area (Å²) >= 11 is 0. The molecular weight excluding hydrogens is 410 g/mol. The smallest absolute Gasteiger partial charge is 0.321 e. The predicted octanol–water partition coefficient (Wildman–Crippen LogP) is -1.06. The zero-order valence-electron chi connectivity index (χ0n) is 16.7. The van der Waals surface area contributed by atoms with E-state index in [2.05, 4.69) is 25.0 Å². The second-order valence-electron chi connectivity index (χ2n) is 7.28. The number of benzene rings is 1. The molecule has 3 N–H and O–H groups in total. The monoisotopic (exact) mass is 433 g/mol. The average molecular weight is 433 g/mol. The highest BCUT2D eigenvalue weighted by Crippen LogP contribution is 2.23. The van der Waals surface area contributed by atoms with E-state index >= 15 is 0 Å². The number of nitrogens with one attached hydrogen (secondary N) is 3. The lowest BCUT2D eigenvalue weighted by Crippen LogP contribution is -2.36. The number of aryl methyl sites for hydroxylation is 2. The number of rotatable bonds is 6. The summed E-state index contributed by atoms with van der Waals surface area (Å²) in [5.41, 5.74) is 2.35. The second kappa shape index (κ2) is 7.87. The van der Waals surface area contributed by atoms with E-state index in [4.69, 9.17) is 0 Å². The molecule has 3 aliphatic rings. The molecule has 0 aromatic heterocycles. The minimum atomic E-state index is -3.36. The molecule has 11 nitrogen and oxygen atoms in total. The molecule has 0 saturated carbocycles. The highest BCUT2D eigenvalue weighted by Gasteiger charge is 2.26. The van der Waals surface area contributed by atoms with Crippen LogP contribution in [-0.4, -0.2) is 65.0 Å². The van der Waals surface area contributed by atoms with Gasteiger partial charge in [-0.2, -0.15) is 17.7 Å². The van der Waals surface area contributed by atoms with Gasteiger partial charge in [0, 0.05) is 39.3 Å². The van der Waals surface area contributed by atoms with E-state index in [0.717, 1.165) is 16.6 Å². The molecule has 0 spiro atoms. The molecule has 0 aliphatic carbocycles. The number of hydrogen-bond acceptors (Lipinski definition) is 7. The number of aromatic nitrogens is 4. The van der Waals surface area contributed by atoms with Crippen LogP contribution in [0.25, 0.3) is 22.6 Å². The number of nitrogens with zero attached hydrogens (tertiary/aromatic N) is 4. The van der Waals surface area contributed by atoms with Crippen LogP contribution in [0.5, 0.6) is 0 Å². The van der Waals surface area contributed by atoms with Crippen molar-refractivity contribution in [3.05, 3.63) is 44.1 Å². The van der Waals surface area contributed by atoms with Crippen molar-refractivity contribution in [2.24, 2.45) is 0 Å². The summed E-state index contributed by atoms with van der Waals surface area (Å²) in [4.78, 5) is 34.7. The van der Waals surface area contributed by atoms with Crippen molar-refractivity contribution in [1.82, 2.24) is 33.9 Å². The summed E-state index contributed by atoms with van der Waals surface area (Å²) in [6, 6.07) is 3.87. The highest BCUT2D eigenvalue weighted by atomic mass is 32.2. The SMILES string of the molecule is Cc1cc2nc3c(=O)[nH]c(=O)nc-3n(CCNCCN3CCNS3(=O)=O)c2cc1C. The molecule has 0 unspecified atom stereocenters. The Kier molecular flexibility index (Phi) is 5.40. The van der Waals surface area contributed by atoms with Gasteiger partial charge in [0.15, 0.2) is 11.5 Å². The van der Waals surface area contributed by atoms with Crippen LogP contribution < -0.4 is 21.3 Å². The normalized spacial score (nSPS) is 16.6. The molecule has 0 atom stereocenters. The minimum Gasteiger partial charge on any atom is -0.321 e. The standard InChI is InChI=1S/C18H23N7O4S/c1-11-9-13-14(10-12(11)2)25(16-15(21-13)17(26)23-18(27)22-16)8-4-19-3-6-24-7-5-20-30(24,28)29/h9-10,19-20H,3-8H2,1-2H3,(H,23,26,27). The van der Waals surface area contributed by atoms with Gasteiger partial charge in [0.2, 0.25) is 0 Å². The van der Waals surface area contributed by atoms with Crippen molar-refractivity contribution >= 4 is 21.2 Å². The Balaban J connectivity index is 1.60. The number of hydrogen-bond donors (Lipinski definition) is 3. The third kappa shape index (κ3) is 3.86. The molecule has 4 rings (SSSR count). The topological polar surface area (TPSA) is 142 Å². The largest absolute Gasteiger partial charge is 0.349 e. The van der Waals surface area contributed by atoms with Crippen molar-refractivity contribution in [2.45, 2.75) is 20.4 Å². The van der Waals surface area contributed by atoms with Gasteiger partial charge in [-0.05, 0) is 37.1 Å². The molecule has 12 heteroatoms. The zero-order chi connectivity index (χ0) is 21.5. The number of fused-ring (bicyclic) bond motifs is 2. The maximum absolute atomic E-state index is 12.3. The number of H-pyrrole nitrogens is 1. The lowest BCUT2D eigenvalue weighted by Gasteiger charge is -2.18. The minimum absolute atomic E-state index is 0.111. The van der Waals surface area contributed by atoms with Gasteiger partial charge in [0.05, 0.1) is 11.0 Å². The highest BCUT2D eigenvalue weighted by molar-refractivity contribution is 7.87. The molecule has 1 saturated heterocycles. The fourth-order valence-electron chi connectivity index (χ4n) is 3.54. The average Bonchev–Trinajstić information content (AvgIpc) is 3.01. The second-order valence-corrected chi connectivity index (χ2v) is 9.04. The lowest BCUT2D eigenvalue weighted by molar-refractivity contribution is 0.436. The van der Waals surface area contributed by atoms with Gasteiger partial charge in [-0.25, -0.2) is 14.5 Å². The van der Waals surface area contributed by atoms with Crippen molar-refractivity contribution in [3.63, 3.8) is 0 Å². The van der Waals surface area contributed by atoms with Crippen molar-refractivity contribution in [1.29, 1.82) is 0 Å². The van der Waals surface area contributed by atoms with Gasteiger partial charge in [-0.1, -0.05) is 0 Å². The number of aromatic amines is 1. The van der Waals surface area contributed by atoms with Crippen LogP contribution in [0.4, 0.5) is 0 Å². The first-order valence-corrected chi connectivity index (χ1v) is 11.1. The quantitative estimate of drug-likeness (QED) is 0.332. The fraction of sp³-hybridized carbons (Fsp3) is 0.444. The molecule has 0 amide bonds. The van der Waals surface area contributed by atoms with Crippen LogP contribution >= 0.6 is 0 Å². The van der Waals surface area contributed by atoms with Crippen LogP contribution in [-0.2, 0) is 16.8 Å². The Bertz CT molecular complexity index is 1300. The summed E-state index contributed by atoms with van der Waals surface area (Å²) < 4.78 is 29.2. The van der Waals surface area contributed by atoms with Crippen LogP contribution in [0.1, 0.15) is 11.1 Å². The van der Waals surface area contributed by atoms with Gasteiger partial charge in [0.25, 0.3) is 15.8 Å². The molecular formula is C18H23N7O4S. The van der Waals surface area contributed by atoms with E-state index in [-0.39, 0.29) is 11.5 Å². The van der Waals surface area contributed by atoms with E-state index in [1.54, 1.807) is 0 Å². The van der Waals surface area contributed by atoms with Crippen LogP contribution in [0.3, 0.4) is 0 Å². The van der Waals surface area contributed by atoms with E-state index in [1.165, 1.54) is 4.31 Å². The lowest BCUT2D eigenvalue weighted by atomic mass is 10.1. The summed E-state index contributed by atoms with van der Waals surface area (Å²) in [6.45, 7) is 6.59. The molecule has 3 aliphatic heterocycles. The van der Waals surface area contributed by atoms with Crippen LogP contribution in [0.2, 0.25) is 0 Å². The summed E-state index contributed by atoms with van der Waals surface area (Å²) in [7, 11) is -3.36. The van der Waals surface area contributed by atoms with E-state index < -0.39 is 21.5 Å². The molecule has 1 aromatic rings. The predicted molar refractivity (Wildman–Crippen MR) is 112 cm³/mol. The van der Waals surface area contributed by atoms with Gasteiger partial charge < -0.3 is 9.88 Å². The zero-order valence-corrected chi connectivity index (χ0v) is 17.5. The Morgan fingerprint density at radius 2 is 1.83 bits per heavy atom. The van der Waals surface area contributed by atoms with Crippen LogP contribution in [0.15, 0.2) is 21.7 Å². The van der Waals surface area contributed by atoms with E-state index in [0.29, 0.717) is 44.8 Å². The van der Waals surface area contributed by atoms with Gasteiger partial charge >= 0.3 is 5.69 Å². The van der Waals surface area contributed by atoms with Gasteiger partial charge in [-0.15, -0.1) is 0 Å². The summed E-state index contributed by atoms with van der Waals surface area (Å²) in [5, 5.41) is 3.22. The molecule has 0 radical (unpaired) electrons. The van der Waals surface area contributed by atoms with E-state index in [9.17, 15) is 18.0 Å². The van der Waals surface area contributed by atoms with Crippen molar-refractivity contribution < 1.29 is 8.42 Å². The Morgan fingerprint density at radius 1 is 1.10 bits per heavy atom. The fourth-order valence-corrected chi connectivity index (χ4v) is 4.73. The molecule has 1 aromatic carbocycles. The molecule has 160 valence electrons. The molecule has 1 fully saturated rings. The first-order chi connectivity index (χ1) is 14.3. The van der Waals surface area contributed by atoms with Gasteiger partial charge in [0.1, 0.15) is 0 Å². The maximum atomic E-state index is 12.3. The van der Waals surface area contributed by atoms with Gasteiger partial charge in [-0.3, -0.25) is 9.78 Å². The first-order valence-electron chi connectivity index (χ1n) is 9.63. The Labute approximate surface area is 172 Å². The summed E-state index contributed by atoms with van der Waals surface area (Å²) in [5.74, 6) is 0.229. The molecule has 3 heterocycles. The van der Waals surface area contributed by atoms with Crippen molar-refractivity contribution in [2.75, 3.05) is 32.7 Å². The Hall–Kier alpha value is -2.67. The third-order valence-electron chi connectivity index (χ3n) is 5.26. The maximum Gasteiger partial charge on any atom is 0.349 e. The third-order valence-corrected chi connectivity index (χ3v) is 6.87. The molecule has 30 heavy (non-hydrogen) atoms. The van der Waals surface area contributed by atoms with Crippen molar-refractivity contribution in [3.8, 4) is 11.5 Å². The summed E-state index contributed by atoms with van der Waals surface area (Å²) in [6.07, 6.45) is 0. The Morgan fingerprint density at radius 3 is 2.57 bits per heavy atom. The first kappa shape index (κ1) is 20.6.